The number of hydrogen-bond donors (Lipinski definition) is 0. The number of allylic oxidation sites excluding steroid dienone is 3. The highest BCUT2D eigenvalue weighted by molar-refractivity contribution is 14.1. The van der Waals surface area contributed by atoms with Crippen molar-refractivity contribution in [3.63, 3.8) is 0 Å². The maximum Gasteiger partial charge on any atom is 0.0238 e. The highest BCUT2D eigenvalue weighted by atomic mass is 127. The maximum absolute atomic E-state index is 2.45. The van der Waals surface area contributed by atoms with Gasteiger partial charge in [0.1, 0.15) is 0 Å². The molecular formula is C19H19I. The van der Waals surface area contributed by atoms with Gasteiger partial charge in [-0.25, -0.2) is 0 Å². The summed E-state index contributed by atoms with van der Waals surface area (Å²) in [7, 11) is 0. The van der Waals surface area contributed by atoms with Crippen LogP contribution in [0.1, 0.15) is 31.9 Å². The molecule has 0 radical (unpaired) electrons. The number of halogens is 1. The fourth-order valence-electron chi connectivity index (χ4n) is 2.40. The van der Waals surface area contributed by atoms with Crippen LogP contribution in [0, 0.1) is 0 Å². The molecular weight excluding hydrogens is 355 g/mol. The lowest BCUT2D eigenvalue weighted by Gasteiger charge is -2.14. The standard InChI is InChI=1S/C19H19I/c1-14(2)18(16-10-6-4-7-11-16)15(3)19(20)17-12-8-5-9-13-17/h4-13H,1-3H3/b19-15-. The van der Waals surface area contributed by atoms with Crippen LogP contribution >= 0.6 is 22.6 Å². The van der Waals surface area contributed by atoms with E-state index in [0.717, 1.165) is 0 Å². The Hall–Kier alpha value is -1.35. The molecule has 0 bridgehead atoms. The number of hydrogen-bond acceptors (Lipinski definition) is 0. The van der Waals surface area contributed by atoms with Gasteiger partial charge in [0.2, 0.25) is 0 Å². The predicted octanol–water partition coefficient (Wildman–Crippen LogP) is 6.35. The fourth-order valence-corrected chi connectivity index (χ4v) is 3.03. The van der Waals surface area contributed by atoms with Crippen LogP contribution < -0.4 is 0 Å². The van der Waals surface area contributed by atoms with Crippen molar-refractivity contribution >= 4 is 31.7 Å². The summed E-state index contributed by atoms with van der Waals surface area (Å²) in [4.78, 5) is 0. The highest BCUT2D eigenvalue weighted by Crippen LogP contribution is 2.35. The zero-order valence-corrected chi connectivity index (χ0v) is 14.3. The molecule has 2 aromatic rings. The van der Waals surface area contributed by atoms with Crippen molar-refractivity contribution in [2.75, 3.05) is 0 Å². The molecule has 0 heterocycles. The van der Waals surface area contributed by atoms with Gasteiger partial charge in [-0.05, 0) is 65.6 Å². The molecule has 0 saturated carbocycles. The van der Waals surface area contributed by atoms with E-state index in [1.165, 1.54) is 31.4 Å². The van der Waals surface area contributed by atoms with Crippen molar-refractivity contribution < 1.29 is 0 Å². The molecule has 0 atom stereocenters. The van der Waals surface area contributed by atoms with Crippen LogP contribution in [0.25, 0.3) is 9.15 Å². The first-order valence-corrected chi connectivity index (χ1v) is 7.84. The topological polar surface area (TPSA) is 0 Å². The van der Waals surface area contributed by atoms with Crippen molar-refractivity contribution in [3.8, 4) is 0 Å². The van der Waals surface area contributed by atoms with Gasteiger partial charge in [0.25, 0.3) is 0 Å². The molecule has 0 aliphatic rings. The molecule has 0 saturated heterocycles. The summed E-state index contributed by atoms with van der Waals surface area (Å²) in [5.74, 6) is 0. The van der Waals surface area contributed by atoms with Crippen molar-refractivity contribution in [3.05, 3.63) is 82.9 Å². The molecule has 0 aromatic heterocycles. The van der Waals surface area contributed by atoms with E-state index in [-0.39, 0.29) is 0 Å². The minimum Gasteiger partial charge on any atom is -0.0683 e. The Balaban J connectivity index is 2.54. The molecule has 0 unspecified atom stereocenters. The molecule has 102 valence electrons. The van der Waals surface area contributed by atoms with Crippen LogP contribution in [0.5, 0.6) is 0 Å². The smallest absolute Gasteiger partial charge is 0.0238 e. The van der Waals surface area contributed by atoms with E-state index >= 15 is 0 Å². The Bertz CT molecular complexity index is 630. The molecule has 20 heavy (non-hydrogen) atoms. The molecule has 0 spiro atoms. The van der Waals surface area contributed by atoms with E-state index < -0.39 is 0 Å². The Labute approximate surface area is 135 Å². The SMILES string of the molecule is CC(C)=C(/C(C)=C(\I)c1ccccc1)c1ccccc1. The second kappa shape index (κ2) is 6.89. The van der Waals surface area contributed by atoms with E-state index in [4.69, 9.17) is 0 Å². The van der Waals surface area contributed by atoms with Gasteiger partial charge in [-0.3, -0.25) is 0 Å². The molecule has 0 amide bonds. The lowest BCUT2D eigenvalue weighted by molar-refractivity contribution is 1.36. The van der Waals surface area contributed by atoms with E-state index in [1.54, 1.807) is 0 Å². The Morgan fingerprint density at radius 2 is 1.15 bits per heavy atom. The monoisotopic (exact) mass is 374 g/mol. The summed E-state index contributed by atoms with van der Waals surface area (Å²) in [5, 5.41) is 0. The molecule has 0 aliphatic carbocycles. The maximum atomic E-state index is 2.45. The quantitative estimate of drug-likeness (QED) is 0.434. The van der Waals surface area contributed by atoms with E-state index in [9.17, 15) is 0 Å². The van der Waals surface area contributed by atoms with Crippen LogP contribution in [0.15, 0.2) is 71.8 Å². The minimum atomic E-state index is 1.28. The molecule has 2 rings (SSSR count). The van der Waals surface area contributed by atoms with Crippen LogP contribution in [-0.4, -0.2) is 0 Å². The van der Waals surface area contributed by atoms with Gasteiger partial charge in [0, 0.05) is 3.58 Å². The Morgan fingerprint density at radius 1 is 0.700 bits per heavy atom. The molecule has 1 heteroatoms. The first-order valence-electron chi connectivity index (χ1n) is 6.76. The van der Waals surface area contributed by atoms with Crippen molar-refractivity contribution in [1.29, 1.82) is 0 Å². The predicted molar refractivity (Wildman–Crippen MR) is 97.8 cm³/mol. The second-order valence-electron chi connectivity index (χ2n) is 5.05. The summed E-state index contributed by atoms with van der Waals surface area (Å²) in [6.07, 6.45) is 0. The number of benzene rings is 2. The van der Waals surface area contributed by atoms with Gasteiger partial charge < -0.3 is 0 Å². The van der Waals surface area contributed by atoms with Crippen LogP contribution in [0.4, 0.5) is 0 Å². The van der Waals surface area contributed by atoms with E-state index in [1.807, 2.05) is 0 Å². The molecule has 2 aromatic carbocycles. The van der Waals surface area contributed by atoms with Gasteiger partial charge in [0.15, 0.2) is 0 Å². The summed E-state index contributed by atoms with van der Waals surface area (Å²) < 4.78 is 1.31. The summed E-state index contributed by atoms with van der Waals surface area (Å²) in [5.41, 5.74) is 6.59. The average molecular weight is 374 g/mol. The molecule has 0 N–H and O–H groups in total. The fraction of sp³-hybridized carbons (Fsp3) is 0.158. The molecule has 0 nitrogen and oxygen atoms in total. The lowest BCUT2D eigenvalue weighted by Crippen LogP contribution is -1.92. The molecule has 0 fully saturated rings. The third kappa shape index (κ3) is 3.40. The summed E-state index contributed by atoms with van der Waals surface area (Å²) >= 11 is 2.45. The minimum absolute atomic E-state index is 1.28. The van der Waals surface area contributed by atoms with Gasteiger partial charge in [-0.2, -0.15) is 0 Å². The summed E-state index contributed by atoms with van der Waals surface area (Å²) in [6, 6.07) is 21.2. The first-order chi connectivity index (χ1) is 9.61. The zero-order valence-electron chi connectivity index (χ0n) is 12.2. The average Bonchev–Trinajstić information content (AvgIpc) is 2.48. The van der Waals surface area contributed by atoms with Crippen LogP contribution in [-0.2, 0) is 0 Å². The highest BCUT2D eigenvalue weighted by Gasteiger charge is 2.10. The first kappa shape index (κ1) is 15.0. The van der Waals surface area contributed by atoms with E-state index in [0.29, 0.717) is 0 Å². The zero-order chi connectivity index (χ0) is 14.5. The lowest BCUT2D eigenvalue weighted by atomic mass is 9.93. The van der Waals surface area contributed by atoms with Gasteiger partial charge in [-0.1, -0.05) is 66.2 Å². The van der Waals surface area contributed by atoms with Crippen molar-refractivity contribution in [2.45, 2.75) is 20.8 Å². The van der Waals surface area contributed by atoms with Crippen molar-refractivity contribution in [2.24, 2.45) is 0 Å². The van der Waals surface area contributed by atoms with Crippen LogP contribution in [0.2, 0.25) is 0 Å². The second-order valence-corrected chi connectivity index (χ2v) is 6.12. The Morgan fingerprint density at radius 3 is 1.60 bits per heavy atom. The summed E-state index contributed by atoms with van der Waals surface area (Å²) in [6.45, 7) is 6.57. The third-order valence-electron chi connectivity index (χ3n) is 3.29. The normalized spacial score (nSPS) is 11.8. The van der Waals surface area contributed by atoms with Crippen LogP contribution in [0.3, 0.4) is 0 Å². The van der Waals surface area contributed by atoms with Crippen molar-refractivity contribution in [1.82, 2.24) is 0 Å². The van der Waals surface area contributed by atoms with Gasteiger partial charge >= 0.3 is 0 Å². The Kier molecular flexibility index (Phi) is 5.18. The van der Waals surface area contributed by atoms with E-state index in [2.05, 4.69) is 104 Å². The molecule has 0 aliphatic heterocycles. The van der Waals surface area contributed by atoms with Gasteiger partial charge in [0.05, 0.1) is 0 Å². The largest absolute Gasteiger partial charge is 0.0683 e. The third-order valence-corrected chi connectivity index (χ3v) is 4.73. The van der Waals surface area contributed by atoms with Gasteiger partial charge in [-0.15, -0.1) is 0 Å². The number of rotatable bonds is 3.